The molecule has 0 bridgehead atoms. The zero-order valence-electron chi connectivity index (χ0n) is 15.9. The number of amides is 1. The van der Waals surface area contributed by atoms with Crippen LogP contribution in [0.15, 0.2) is 18.2 Å². The van der Waals surface area contributed by atoms with Crippen LogP contribution in [0.5, 0.6) is 5.75 Å². The van der Waals surface area contributed by atoms with Gasteiger partial charge < -0.3 is 19.5 Å². The maximum atomic E-state index is 12.9. The summed E-state index contributed by atoms with van der Waals surface area (Å²) in [4.78, 5) is 16.8. The van der Waals surface area contributed by atoms with E-state index < -0.39 is 0 Å². The summed E-state index contributed by atoms with van der Waals surface area (Å²) < 4.78 is 2.04. The molecule has 2 aromatic rings. The molecule has 26 heavy (non-hydrogen) atoms. The summed E-state index contributed by atoms with van der Waals surface area (Å²) in [5.74, 6) is 1.96. The zero-order chi connectivity index (χ0) is 18.8. The lowest BCUT2D eigenvalue weighted by Crippen LogP contribution is -2.39. The molecule has 0 aliphatic carbocycles. The first-order valence-corrected chi connectivity index (χ1v) is 8.99. The molecule has 0 spiro atoms. The molecule has 0 saturated carbocycles. The smallest absolute Gasteiger partial charge is 0.257 e. The van der Waals surface area contributed by atoms with E-state index in [1.54, 1.807) is 25.1 Å². The number of piperidine rings is 1. The minimum Gasteiger partial charge on any atom is -0.507 e. The Balaban J connectivity index is 1.78. The molecule has 1 aliphatic rings. The molecule has 1 aromatic carbocycles. The Kier molecular flexibility index (Phi) is 5.27. The van der Waals surface area contributed by atoms with Gasteiger partial charge in [-0.2, -0.15) is 0 Å². The average Bonchev–Trinajstić information content (AvgIpc) is 2.97. The fourth-order valence-electron chi connectivity index (χ4n) is 3.53. The van der Waals surface area contributed by atoms with Gasteiger partial charge in [0, 0.05) is 26.1 Å². The van der Waals surface area contributed by atoms with Gasteiger partial charge in [0.25, 0.3) is 5.91 Å². The van der Waals surface area contributed by atoms with Crippen molar-refractivity contribution in [3.8, 4) is 5.75 Å². The van der Waals surface area contributed by atoms with Crippen molar-refractivity contribution in [2.24, 2.45) is 7.05 Å². The molecule has 3 rings (SSSR count). The van der Waals surface area contributed by atoms with Gasteiger partial charge in [-0.3, -0.25) is 4.79 Å². The molecule has 7 heteroatoms. The number of hydrogen-bond acceptors (Lipinski definition) is 5. The van der Waals surface area contributed by atoms with E-state index in [9.17, 15) is 9.90 Å². The number of phenols is 1. The summed E-state index contributed by atoms with van der Waals surface area (Å²) in [5, 5.41) is 18.9. The molecule has 1 atom stereocenters. The molecule has 2 heterocycles. The zero-order valence-corrected chi connectivity index (χ0v) is 15.9. The lowest BCUT2D eigenvalue weighted by atomic mass is 9.96. The fourth-order valence-corrected chi connectivity index (χ4v) is 3.53. The Morgan fingerprint density at radius 1 is 1.35 bits per heavy atom. The summed E-state index contributed by atoms with van der Waals surface area (Å²) in [7, 11) is 5.99. The molecule has 1 saturated heterocycles. The van der Waals surface area contributed by atoms with Crippen LogP contribution in [0, 0.1) is 6.92 Å². The number of nitrogens with zero attached hydrogens (tertiary/aromatic N) is 5. The predicted molar refractivity (Wildman–Crippen MR) is 99.1 cm³/mol. The largest absolute Gasteiger partial charge is 0.507 e. The van der Waals surface area contributed by atoms with Crippen molar-refractivity contribution < 1.29 is 9.90 Å². The van der Waals surface area contributed by atoms with Crippen molar-refractivity contribution in [3.05, 3.63) is 41.0 Å². The summed E-state index contributed by atoms with van der Waals surface area (Å²) in [6, 6.07) is 5.29. The molecule has 1 N–H and O–H groups in total. The van der Waals surface area contributed by atoms with Crippen LogP contribution in [0.4, 0.5) is 0 Å². The number of hydrogen-bond donors (Lipinski definition) is 1. The van der Waals surface area contributed by atoms with Crippen LogP contribution in [0.25, 0.3) is 0 Å². The highest BCUT2D eigenvalue weighted by molar-refractivity contribution is 5.97. The lowest BCUT2D eigenvalue weighted by Gasteiger charge is -2.32. The second-order valence-corrected chi connectivity index (χ2v) is 7.33. The monoisotopic (exact) mass is 357 g/mol. The van der Waals surface area contributed by atoms with E-state index in [0.29, 0.717) is 24.2 Å². The third kappa shape index (κ3) is 3.58. The minimum atomic E-state index is -0.119. The van der Waals surface area contributed by atoms with Crippen molar-refractivity contribution in [1.82, 2.24) is 24.6 Å². The van der Waals surface area contributed by atoms with Crippen molar-refractivity contribution in [2.75, 3.05) is 27.2 Å². The number of aryl methyl sites for hydroxylation is 1. The molecular formula is C19H27N5O2. The van der Waals surface area contributed by atoms with Crippen LogP contribution >= 0.6 is 0 Å². The molecule has 0 radical (unpaired) electrons. The lowest BCUT2D eigenvalue weighted by molar-refractivity contribution is 0.0700. The number of carbonyl (C=O) groups excluding carboxylic acids is 1. The van der Waals surface area contributed by atoms with Crippen LogP contribution in [-0.4, -0.2) is 62.8 Å². The van der Waals surface area contributed by atoms with Crippen LogP contribution in [0.2, 0.25) is 0 Å². The van der Waals surface area contributed by atoms with Crippen molar-refractivity contribution in [1.29, 1.82) is 0 Å². The standard InChI is InChI=1S/C19H27N5O2/c1-13-7-5-9-15(17(13)25)19(26)24-10-6-8-14(11-24)18-21-20-16(23(18)4)12-22(2)3/h5,7,9,14,25H,6,8,10-12H2,1-4H3. The first-order chi connectivity index (χ1) is 12.4. The third-order valence-electron chi connectivity index (χ3n) is 5.00. The van der Waals surface area contributed by atoms with Crippen molar-refractivity contribution in [3.63, 3.8) is 0 Å². The van der Waals surface area contributed by atoms with Gasteiger partial charge in [-0.25, -0.2) is 0 Å². The predicted octanol–water partition coefficient (Wildman–Crippen LogP) is 1.91. The van der Waals surface area contributed by atoms with Gasteiger partial charge in [-0.15, -0.1) is 10.2 Å². The number of phenolic OH excluding ortho intramolecular Hbond substituents is 1. The van der Waals surface area contributed by atoms with Crippen LogP contribution in [0.3, 0.4) is 0 Å². The number of aromatic nitrogens is 3. The normalized spacial score (nSPS) is 17.7. The Hall–Kier alpha value is -2.41. The highest BCUT2D eigenvalue weighted by Gasteiger charge is 2.30. The molecule has 1 amide bonds. The summed E-state index contributed by atoms with van der Waals surface area (Å²) >= 11 is 0. The molecule has 7 nitrogen and oxygen atoms in total. The molecule has 1 unspecified atom stereocenters. The number of rotatable bonds is 4. The Bertz CT molecular complexity index is 799. The van der Waals surface area contributed by atoms with Gasteiger partial charge in [0.2, 0.25) is 0 Å². The maximum absolute atomic E-state index is 12.9. The van der Waals surface area contributed by atoms with Gasteiger partial charge >= 0.3 is 0 Å². The molecule has 140 valence electrons. The summed E-state index contributed by atoms with van der Waals surface area (Å²) in [6.45, 7) is 3.83. The number of likely N-dealkylation sites (tertiary alicyclic amines) is 1. The van der Waals surface area contributed by atoms with E-state index in [0.717, 1.165) is 31.0 Å². The Labute approximate surface area is 154 Å². The van der Waals surface area contributed by atoms with Crippen LogP contribution in [-0.2, 0) is 13.6 Å². The van der Waals surface area contributed by atoms with Gasteiger partial charge in [-0.05, 0) is 45.5 Å². The maximum Gasteiger partial charge on any atom is 0.257 e. The van der Waals surface area contributed by atoms with E-state index in [-0.39, 0.29) is 17.6 Å². The van der Waals surface area contributed by atoms with E-state index >= 15 is 0 Å². The number of benzene rings is 1. The quantitative estimate of drug-likeness (QED) is 0.905. The SMILES string of the molecule is Cc1cccc(C(=O)N2CCCC(c3nnc(CN(C)C)n3C)C2)c1O. The average molecular weight is 357 g/mol. The van der Waals surface area contributed by atoms with E-state index in [2.05, 4.69) is 15.1 Å². The van der Waals surface area contributed by atoms with E-state index in [1.165, 1.54) is 0 Å². The molecule has 1 aromatic heterocycles. The van der Waals surface area contributed by atoms with Gasteiger partial charge in [0.05, 0.1) is 12.1 Å². The van der Waals surface area contributed by atoms with E-state index in [4.69, 9.17) is 0 Å². The molecular weight excluding hydrogens is 330 g/mol. The summed E-state index contributed by atoms with van der Waals surface area (Å²) in [5.41, 5.74) is 1.09. The third-order valence-corrected chi connectivity index (χ3v) is 5.00. The summed E-state index contributed by atoms with van der Waals surface area (Å²) in [6.07, 6.45) is 1.90. The first-order valence-electron chi connectivity index (χ1n) is 8.99. The van der Waals surface area contributed by atoms with Gasteiger partial charge in [-0.1, -0.05) is 12.1 Å². The highest BCUT2D eigenvalue weighted by Crippen LogP contribution is 2.29. The molecule has 1 fully saturated rings. The first kappa shape index (κ1) is 18.4. The topological polar surface area (TPSA) is 74.5 Å². The Morgan fingerprint density at radius 3 is 2.85 bits per heavy atom. The number of carbonyl (C=O) groups is 1. The van der Waals surface area contributed by atoms with Gasteiger partial charge in [0.1, 0.15) is 17.4 Å². The van der Waals surface area contributed by atoms with Crippen LogP contribution < -0.4 is 0 Å². The fraction of sp³-hybridized carbons (Fsp3) is 0.526. The number of para-hydroxylation sites is 1. The Morgan fingerprint density at radius 2 is 2.12 bits per heavy atom. The highest BCUT2D eigenvalue weighted by atomic mass is 16.3. The second kappa shape index (κ2) is 7.45. The van der Waals surface area contributed by atoms with Gasteiger partial charge in [0.15, 0.2) is 0 Å². The number of aromatic hydroxyl groups is 1. The second-order valence-electron chi connectivity index (χ2n) is 7.33. The molecule has 1 aliphatic heterocycles. The minimum absolute atomic E-state index is 0.0755. The van der Waals surface area contributed by atoms with Crippen LogP contribution in [0.1, 0.15) is 46.3 Å². The van der Waals surface area contributed by atoms with Crippen molar-refractivity contribution >= 4 is 5.91 Å². The van der Waals surface area contributed by atoms with E-state index in [1.807, 2.05) is 30.6 Å². The van der Waals surface area contributed by atoms with Crippen molar-refractivity contribution in [2.45, 2.75) is 32.2 Å².